The third kappa shape index (κ3) is 3.33. The molecule has 1 saturated heterocycles. The molecule has 1 fully saturated rings. The number of likely N-dealkylation sites (tertiary alicyclic amines) is 1. The molecule has 138 valence electrons. The second-order valence-corrected chi connectivity index (χ2v) is 7.17. The molecule has 0 bridgehead atoms. The van der Waals surface area contributed by atoms with E-state index >= 15 is 0 Å². The van der Waals surface area contributed by atoms with Gasteiger partial charge in [-0.3, -0.25) is 14.5 Å². The standard InChI is InChI=1S/C18H14N2O6S/c21-15-7-14(27-16-11(18(23)24)2-1-5-19-16)17(22)20(15)8-10-3-4-12-13(6-10)26-9-25-12/h1-6,14H,7-9H2,(H,23,24)/t14-/m1/s1. The van der Waals surface area contributed by atoms with E-state index in [9.17, 15) is 19.5 Å². The van der Waals surface area contributed by atoms with Crippen molar-refractivity contribution in [3.8, 4) is 11.5 Å². The lowest BCUT2D eigenvalue weighted by Gasteiger charge is -2.15. The van der Waals surface area contributed by atoms with Gasteiger partial charge in [0.15, 0.2) is 11.5 Å². The van der Waals surface area contributed by atoms with Crippen LogP contribution in [0.1, 0.15) is 22.3 Å². The predicted molar refractivity (Wildman–Crippen MR) is 93.6 cm³/mol. The first kappa shape index (κ1) is 17.3. The van der Waals surface area contributed by atoms with Crippen molar-refractivity contribution in [3.63, 3.8) is 0 Å². The average Bonchev–Trinajstić information content (AvgIpc) is 3.22. The zero-order valence-electron chi connectivity index (χ0n) is 14.0. The monoisotopic (exact) mass is 386 g/mol. The smallest absolute Gasteiger partial charge is 0.338 e. The fraction of sp³-hybridized carbons (Fsp3) is 0.222. The molecule has 0 radical (unpaired) electrons. The Morgan fingerprint density at radius 2 is 2.07 bits per heavy atom. The van der Waals surface area contributed by atoms with E-state index in [4.69, 9.17) is 9.47 Å². The van der Waals surface area contributed by atoms with Crippen LogP contribution in [0.15, 0.2) is 41.6 Å². The summed E-state index contributed by atoms with van der Waals surface area (Å²) in [7, 11) is 0. The van der Waals surface area contributed by atoms with Crippen LogP contribution < -0.4 is 9.47 Å². The lowest BCUT2D eigenvalue weighted by atomic mass is 10.2. The molecule has 1 aromatic carbocycles. The topological polar surface area (TPSA) is 106 Å². The van der Waals surface area contributed by atoms with Gasteiger partial charge >= 0.3 is 5.97 Å². The molecule has 0 unspecified atom stereocenters. The van der Waals surface area contributed by atoms with Crippen molar-refractivity contribution in [1.29, 1.82) is 0 Å². The molecule has 2 aliphatic heterocycles. The number of nitrogens with zero attached hydrogens (tertiary/aromatic N) is 2. The first-order valence-corrected chi connectivity index (χ1v) is 8.98. The van der Waals surface area contributed by atoms with Crippen LogP contribution in [0.4, 0.5) is 0 Å². The number of thioether (sulfide) groups is 1. The molecule has 9 heteroatoms. The molecule has 0 spiro atoms. The number of imide groups is 1. The average molecular weight is 386 g/mol. The third-order valence-corrected chi connectivity index (χ3v) is 5.44. The largest absolute Gasteiger partial charge is 0.478 e. The lowest BCUT2D eigenvalue weighted by molar-refractivity contribution is -0.138. The highest BCUT2D eigenvalue weighted by Crippen LogP contribution is 2.35. The fourth-order valence-corrected chi connectivity index (χ4v) is 4.04. The maximum absolute atomic E-state index is 12.7. The Kier molecular flexibility index (Phi) is 4.44. The van der Waals surface area contributed by atoms with Gasteiger partial charge in [0.25, 0.3) is 0 Å². The van der Waals surface area contributed by atoms with Gasteiger partial charge in [0.1, 0.15) is 5.03 Å². The number of fused-ring (bicyclic) bond motifs is 1. The first-order chi connectivity index (χ1) is 13.0. The number of aromatic nitrogens is 1. The van der Waals surface area contributed by atoms with Crippen LogP contribution in [0.3, 0.4) is 0 Å². The number of carbonyl (C=O) groups excluding carboxylic acids is 2. The molecule has 2 aliphatic rings. The number of aromatic carboxylic acids is 1. The van der Waals surface area contributed by atoms with Gasteiger partial charge in [-0.05, 0) is 29.8 Å². The maximum Gasteiger partial charge on any atom is 0.338 e. The number of ether oxygens (including phenoxy) is 2. The summed E-state index contributed by atoms with van der Waals surface area (Å²) < 4.78 is 10.6. The number of carboxylic acids is 1. The quantitative estimate of drug-likeness (QED) is 0.777. The summed E-state index contributed by atoms with van der Waals surface area (Å²) in [6.45, 7) is 0.272. The lowest BCUT2D eigenvalue weighted by Crippen LogP contribution is -2.30. The van der Waals surface area contributed by atoms with E-state index in [0.717, 1.165) is 17.3 Å². The third-order valence-electron chi connectivity index (χ3n) is 4.24. The zero-order valence-corrected chi connectivity index (χ0v) is 14.8. The Morgan fingerprint density at radius 3 is 2.89 bits per heavy atom. The van der Waals surface area contributed by atoms with Gasteiger partial charge in [-0.1, -0.05) is 17.8 Å². The minimum absolute atomic E-state index is 0.00366. The van der Waals surface area contributed by atoms with Crippen LogP contribution in [0.2, 0.25) is 0 Å². The molecular formula is C18H14N2O6S. The zero-order chi connectivity index (χ0) is 19.0. The van der Waals surface area contributed by atoms with Crippen molar-refractivity contribution >= 4 is 29.5 Å². The number of rotatable bonds is 5. The van der Waals surface area contributed by atoms with E-state index in [1.807, 2.05) is 0 Å². The summed E-state index contributed by atoms with van der Waals surface area (Å²) >= 11 is 1.00. The highest BCUT2D eigenvalue weighted by atomic mass is 32.2. The summed E-state index contributed by atoms with van der Waals surface area (Å²) in [4.78, 5) is 41.6. The van der Waals surface area contributed by atoms with E-state index in [2.05, 4.69) is 4.98 Å². The van der Waals surface area contributed by atoms with Crippen LogP contribution >= 0.6 is 11.8 Å². The number of amides is 2. The predicted octanol–water partition coefficient (Wildman–Crippen LogP) is 1.93. The molecular weight excluding hydrogens is 372 g/mol. The van der Waals surface area contributed by atoms with Gasteiger partial charge in [-0.2, -0.15) is 0 Å². The number of carboxylic acid groups (broad SMARTS) is 1. The SMILES string of the molecule is O=C(O)c1cccnc1S[C@@H]1CC(=O)N(Cc2ccc3c(c2)OCO3)C1=O. The summed E-state index contributed by atoms with van der Waals surface area (Å²) in [6, 6.07) is 8.19. The summed E-state index contributed by atoms with van der Waals surface area (Å²) in [5.41, 5.74) is 0.757. The number of hydrogen-bond donors (Lipinski definition) is 1. The van der Waals surface area contributed by atoms with Gasteiger partial charge in [0, 0.05) is 12.6 Å². The van der Waals surface area contributed by atoms with E-state index in [1.165, 1.54) is 23.2 Å². The van der Waals surface area contributed by atoms with Crippen molar-refractivity contribution in [2.24, 2.45) is 0 Å². The molecule has 8 nitrogen and oxygen atoms in total. The first-order valence-electron chi connectivity index (χ1n) is 8.10. The molecule has 2 aromatic rings. The van der Waals surface area contributed by atoms with Gasteiger partial charge in [-0.25, -0.2) is 9.78 Å². The summed E-state index contributed by atoms with van der Waals surface area (Å²) in [5.74, 6) is -0.577. The van der Waals surface area contributed by atoms with Gasteiger partial charge in [-0.15, -0.1) is 0 Å². The second kappa shape index (κ2) is 6.92. The summed E-state index contributed by atoms with van der Waals surface area (Å²) in [5, 5.41) is 8.77. The number of carbonyl (C=O) groups is 3. The molecule has 2 amide bonds. The van der Waals surface area contributed by atoms with Crippen molar-refractivity contribution < 1.29 is 29.0 Å². The van der Waals surface area contributed by atoms with Crippen LogP contribution in [-0.2, 0) is 16.1 Å². The Balaban J connectivity index is 1.50. The van der Waals surface area contributed by atoms with Gasteiger partial charge in [0.05, 0.1) is 17.4 Å². The van der Waals surface area contributed by atoms with Crippen molar-refractivity contribution in [2.45, 2.75) is 23.2 Å². The molecule has 4 rings (SSSR count). The minimum Gasteiger partial charge on any atom is -0.478 e. The van der Waals surface area contributed by atoms with Crippen LogP contribution in [0.25, 0.3) is 0 Å². The molecule has 3 heterocycles. The molecule has 0 saturated carbocycles. The van der Waals surface area contributed by atoms with Crippen molar-refractivity contribution in [1.82, 2.24) is 9.88 Å². The van der Waals surface area contributed by atoms with Crippen molar-refractivity contribution in [3.05, 3.63) is 47.7 Å². The Hall–Kier alpha value is -3.07. The van der Waals surface area contributed by atoms with E-state index in [0.29, 0.717) is 11.5 Å². The van der Waals surface area contributed by atoms with Gasteiger partial charge in [0.2, 0.25) is 18.6 Å². The minimum atomic E-state index is -1.13. The Bertz CT molecular complexity index is 947. The second-order valence-electron chi connectivity index (χ2n) is 5.98. The van der Waals surface area contributed by atoms with Gasteiger partial charge < -0.3 is 14.6 Å². The highest BCUT2D eigenvalue weighted by Gasteiger charge is 2.40. The van der Waals surface area contributed by atoms with Crippen LogP contribution in [-0.4, -0.2) is 44.8 Å². The molecule has 1 aromatic heterocycles. The molecule has 0 aliphatic carbocycles. The molecule has 27 heavy (non-hydrogen) atoms. The Labute approximate surface area is 158 Å². The van der Waals surface area contributed by atoms with E-state index in [-0.39, 0.29) is 42.2 Å². The van der Waals surface area contributed by atoms with Crippen LogP contribution in [0, 0.1) is 0 Å². The number of pyridine rings is 1. The number of benzene rings is 1. The van der Waals surface area contributed by atoms with Crippen LogP contribution in [0.5, 0.6) is 11.5 Å². The normalized spacial score (nSPS) is 18.2. The highest BCUT2D eigenvalue weighted by molar-refractivity contribution is 8.00. The molecule has 1 atom stereocenters. The van der Waals surface area contributed by atoms with Crippen molar-refractivity contribution in [2.75, 3.05) is 6.79 Å². The number of hydrogen-bond acceptors (Lipinski definition) is 7. The maximum atomic E-state index is 12.7. The van der Waals surface area contributed by atoms with E-state index in [1.54, 1.807) is 18.2 Å². The Morgan fingerprint density at radius 1 is 1.26 bits per heavy atom. The fourth-order valence-electron chi connectivity index (χ4n) is 2.92. The summed E-state index contributed by atoms with van der Waals surface area (Å²) in [6.07, 6.45) is 1.46. The van der Waals surface area contributed by atoms with E-state index < -0.39 is 11.2 Å². The molecule has 1 N–H and O–H groups in total.